The van der Waals surface area contributed by atoms with Gasteiger partial charge in [-0.1, -0.05) is 43.5 Å². The first-order valence-corrected chi connectivity index (χ1v) is 11.9. The van der Waals surface area contributed by atoms with E-state index in [0.29, 0.717) is 18.5 Å². The zero-order chi connectivity index (χ0) is 25.1. The van der Waals surface area contributed by atoms with Gasteiger partial charge < -0.3 is 15.4 Å². The van der Waals surface area contributed by atoms with Crippen LogP contribution in [0.25, 0.3) is 10.4 Å². The van der Waals surface area contributed by atoms with E-state index in [2.05, 4.69) is 15.6 Å². The van der Waals surface area contributed by atoms with E-state index in [0.717, 1.165) is 40.8 Å². The average molecular weight is 504 g/mol. The second kappa shape index (κ2) is 10.1. The summed E-state index contributed by atoms with van der Waals surface area (Å²) in [7, 11) is 1.40. The van der Waals surface area contributed by atoms with Gasteiger partial charge in [0.05, 0.1) is 23.2 Å². The van der Waals surface area contributed by atoms with Gasteiger partial charge in [0.1, 0.15) is 10.4 Å². The van der Waals surface area contributed by atoms with E-state index in [9.17, 15) is 22.8 Å². The Hall–Kier alpha value is -3.40. The molecular formula is C25H24F3N3O3S. The van der Waals surface area contributed by atoms with Crippen LogP contribution in [-0.4, -0.2) is 24.1 Å². The molecule has 0 atom stereocenters. The Bertz CT molecular complexity index is 1200. The molecule has 3 aromatic rings. The molecule has 2 amide bonds. The van der Waals surface area contributed by atoms with Crippen LogP contribution in [0.4, 0.5) is 29.3 Å². The molecule has 1 aliphatic rings. The fraction of sp³-hybridized carbons (Fsp3) is 0.320. The number of para-hydroxylation sites is 1. The largest absolute Gasteiger partial charge is 0.468 e. The number of nitrogens with zero attached hydrogens (tertiary/aromatic N) is 1. The molecule has 1 aliphatic carbocycles. The van der Waals surface area contributed by atoms with Crippen LogP contribution in [0.1, 0.15) is 42.7 Å². The van der Waals surface area contributed by atoms with Crippen molar-refractivity contribution in [2.75, 3.05) is 17.7 Å². The zero-order valence-electron chi connectivity index (χ0n) is 18.9. The minimum absolute atomic E-state index is 0.254. The molecule has 35 heavy (non-hydrogen) atoms. The number of thiazole rings is 1. The van der Waals surface area contributed by atoms with Crippen LogP contribution in [0.2, 0.25) is 0 Å². The van der Waals surface area contributed by atoms with Crippen LogP contribution >= 0.6 is 11.3 Å². The van der Waals surface area contributed by atoms with Crippen molar-refractivity contribution in [2.45, 2.75) is 43.7 Å². The first-order valence-electron chi connectivity index (χ1n) is 11.1. The highest BCUT2D eigenvalue weighted by molar-refractivity contribution is 7.15. The van der Waals surface area contributed by atoms with Gasteiger partial charge in [0, 0.05) is 11.9 Å². The number of ether oxygens (including phenoxy) is 1. The molecule has 184 valence electrons. The number of hydrogen-bond donors (Lipinski definition) is 2. The number of alkyl halides is 3. The number of methoxy groups -OCH3 is 1. The molecule has 0 radical (unpaired) electrons. The molecule has 1 fully saturated rings. The Kier molecular flexibility index (Phi) is 7.11. The summed E-state index contributed by atoms with van der Waals surface area (Å²) in [5, 5.41) is 5.53. The summed E-state index contributed by atoms with van der Waals surface area (Å²) in [6.45, 7) is 0. The smallest absolute Gasteiger partial charge is 0.418 e. The van der Waals surface area contributed by atoms with Crippen molar-refractivity contribution < 1.29 is 27.5 Å². The molecule has 4 rings (SSSR count). The average Bonchev–Trinajstić information content (AvgIpc) is 3.35. The molecule has 1 saturated carbocycles. The molecule has 10 heteroatoms. The zero-order valence-corrected chi connectivity index (χ0v) is 19.8. The van der Waals surface area contributed by atoms with Crippen LogP contribution in [0, 0.1) is 0 Å². The molecule has 2 aromatic carbocycles. The SMILES string of the molecule is COC(=O)C1(c2ncc(-c3ccc(NC(=O)Nc4ccccc4C(F)(F)F)cc3)s2)CCCCC1. The second-order valence-electron chi connectivity index (χ2n) is 8.36. The summed E-state index contributed by atoms with van der Waals surface area (Å²) in [6, 6.07) is 10.9. The van der Waals surface area contributed by atoms with Crippen molar-refractivity contribution in [1.82, 2.24) is 4.98 Å². The molecule has 0 unspecified atom stereocenters. The third kappa shape index (κ3) is 5.32. The fourth-order valence-corrected chi connectivity index (χ4v) is 5.48. The summed E-state index contributed by atoms with van der Waals surface area (Å²) in [5.74, 6) is -0.254. The van der Waals surface area contributed by atoms with E-state index in [1.807, 2.05) is 0 Å². The number of carbonyl (C=O) groups is 2. The van der Waals surface area contributed by atoms with Crippen molar-refractivity contribution in [1.29, 1.82) is 0 Å². The van der Waals surface area contributed by atoms with Gasteiger partial charge in [0.15, 0.2) is 0 Å². The Morgan fingerprint density at radius 1 is 1.00 bits per heavy atom. The van der Waals surface area contributed by atoms with E-state index in [1.165, 1.54) is 36.6 Å². The molecule has 1 aromatic heterocycles. The number of hydrogen-bond acceptors (Lipinski definition) is 5. The number of anilines is 2. The molecule has 0 saturated heterocycles. The summed E-state index contributed by atoms with van der Waals surface area (Å²) in [6.07, 6.45) is 1.54. The number of urea groups is 1. The number of amides is 2. The normalized spacial score (nSPS) is 15.3. The van der Waals surface area contributed by atoms with E-state index in [4.69, 9.17) is 4.74 Å². The number of rotatable bonds is 5. The fourth-order valence-electron chi connectivity index (χ4n) is 4.33. The lowest BCUT2D eigenvalue weighted by Gasteiger charge is -2.32. The molecule has 6 nitrogen and oxygen atoms in total. The minimum Gasteiger partial charge on any atom is -0.468 e. The summed E-state index contributed by atoms with van der Waals surface area (Å²) < 4.78 is 44.5. The van der Waals surface area contributed by atoms with Gasteiger partial charge in [0.25, 0.3) is 0 Å². The van der Waals surface area contributed by atoms with E-state index in [1.54, 1.807) is 30.5 Å². The maximum absolute atomic E-state index is 13.1. The van der Waals surface area contributed by atoms with Gasteiger partial charge >= 0.3 is 18.2 Å². The molecule has 0 bridgehead atoms. The maximum Gasteiger partial charge on any atom is 0.418 e. The Morgan fingerprint density at radius 2 is 1.69 bits per heavy atom. The maximum atomic E-state index is 13.1. The van der Waals surface area contributed by atoms with Gasteiger partial charge in [-0.3, -0.25) is 4.79 Å². The third-order valence-corrected chi connectivity index (χ3v) is 7.36. The first kappa shape index (κ1) is 24.7. The summed E-state index contributed by atoms with van der Waals surface area (Å²) in [4.78, 5) is 30.3. The standard InChI is InChI=1S/C25H24F3N3O3S/c1-34-22(32)24(13-5-2-6-14-24)21-29-15-20(35-21)16-9-11-17(12-10-16)30-23(33)31-19-8-4-3-7-18(19)25(26,27)28/h3-4,7-12,15H,2,5-6,13-14H2,1H3,(H2,30,31,33). The van der Waals surface area contributed by atoms with Crippen LogP contribution in [0.15, 0.2) is 54.7 Å². The Morgan fingerprint density at radius 3 is 2.34 bits per heavy atom. The topological polar surface area (TPSA) is 80.3 Å². The minimum atomic E-state index is -4.58. The van der Waals surface area contributed by atoms with Gasteiger partial charge in [-0.25, -0.2) is 9.78 Å². The van der Waals surface area contributed by atoms with Crippen LogP contribution < -0.4 is 10.6 Å². The van der Waals surface area contributed by atoms with Crippen molar-refractivity contribution in [3.05, 3.63) is 65.3 Å². The number of halogens is 3. The van der Waals surface area contributed by atoms with E-state index >= 15 is 0 Å². The second-order valence-corrected chi connectivity index (χ2v) is 9.39. The highest BCUT2D eigenvalue weighted by Gasteiger charge is 2.44. The van der Waals surface area contributed by atoms with Gasteiger partial charge in [-0.05, 0) is 42.7 Å². The number of esters is 1. The number of nitrogens with one attached hydrogen (secondary N) is 2. The number of aromatic nitrogens is 1. The Balaban J connectivity index is 1.46. The molecular weight excluding hydrogens is 479 g/mol. The molecule has 1 heterocycles. The van der Waals surface area contributed by atoms with Gasteiger partial charge in [-0.2, -0.15) is 13.2 Å². The van der Waals surface area contributed by atoms with Crippen LogP contribution in [-0.2, 0) is 21.1 Å². The Labute approximate surface area is 204 Å². The predicted octanol–water partition coefficient (Wildman–Crippen LogP) is 6.85. The van der Waals surface area contributed by atoms with Crippen molar-refractivity contribution in [2.24, 2.45) is 0 Å². The molecule has 0 aliphatic heterocycles. The third-order valence-electron chi connectivity index (χ3n) is 6.11. The van der Waals surface area contributed by atoms with E-state index < -0.39 is 23.2 Å². The monoisotopic (exact) mass is 503 g/mol. The molecule has 0 spiro atoms. The molecule has 2 N–H and O–H groups in total. The number of benzene rings is 2. The highest BCUT2D eigenvalue weighted by Crippen LogP contribution is 2.43. The lowest BCUT2D eigenvalue weighted by atomic mass is 9.74. The first-order chi connectivity index (χ1) is 16.7. The summed E-state index contributed by atoms with van der Waals surface area (Å²) in [5.41, 5.74) is -0.693. The number of carbonyl (C=O) groups excluding carboxylic acids is 2. The van der Waals surface area contributed by atoms with Crippen LogP contribution in [0.3, 0.4) is 0 Å². The lowest BCUT2D eigenvalue weighted by molar-refractivity contribution is -0.149. The van der Waals surface area contributed by atoms with Gasteiger partial charge in [-0.15, -0.1) is 11.3 Å². The van der Waals surface area contributed by atoms with E-state index in [-0.39, 0.29) is 11.7 Å². The van der Waals surface area contributed by atoms with Crippen molar-refractivity contribution >= 4 is 34.7 Å². The van der Waals surface area contributed by atoms with Crippen molar-refractivity contribution in [3.8, 4) is 10.4 Å². The predicted molar refractivity (Wildman–Crippen MR) is 128 cm³/mol. The quantitative estimate of drug-likeness (QED) is 0.373. The highest BCUT2D eigenvalue weighted by atomic mass is 32.1. The summed E-state index contributed by atoms with van der Waals surface area (Å²) >= 11 is 1.44. The lowest BCUT2D eigenvalue weighted by Crippen LogP contribution is -2.38. The van der Waals surface area contributed by atoms with Crippen LogP contribution in [0.5, 0.6) is 0 Å². The van der Waals surface area contributed by atoms with Crippen molar-refractivity contribution in [3.63, 3.8) is 0 Å². The van der Waals surface area contributed by atoms with Gasteiger partial charge in [0.2, 0.25) is 0 Å².